The molecule has 20 heavy (non-hydrogen) atoms. The van der Waals surface area contributed by atoms with Gasteiger partial charge in [0.15, 0.2) is 10.8 Å². The summed E-state index contributed by atoms with van der Waals surface area (Å²) in [4.78, 5) is 16.0. The summed E-state index contributed by atoms with van der Waals surface area (Å²) in [6, 6.07) is 3.74. The van der Waals surface area contributed by atoms with Crippen LogP contribution in [0.1, 0.15) is 25.5 Å². The number of carbonyl (C=O) groups is 1. The zero-order chi connectivity index (χ0) is 13.7. The summed E-state index contributed by atoms with van der Waals surface area (Å²) >= 11 is 1.50. The van der Waals surface area contributed by atoms with Crippen LogP contribution in [0.3, 0.4) is 0 Å². The zero-order valence-electron chi connectivity index (χ0n) is 11.2. The molecule has 0 aliphatic heterocycles. The van der Waals surface area contributed by atoms with E-state index in [-0.39, 0.29) is 24.4 Å². The van der Waals surface area contributed by atoms with Crippen molar-refractivity contribution in [3.63, 3.8) is 0 Å². The van der Waals surface area contributed by atoms with E-state index in [1.807, 2.05) is 24.4 Å². The average molecular weight is 316 g/mol. The molecule has 0 saturated carbocycles. The largest absolute Gasteiger partial charge is 0.462 e. The monoisotopic (exact) mass is 315 g/mol. The van der Waals surface area contributed by atoms with E-state index in [0.717, 1.165) is 16.5 Å². The van der Waals surface area contributed by atoms with Gasteiger partial charge in [-0.25, -0.2) is 4.98 Å². The maximum Gasteiger partial charge on any atom is 0.220 e. The van der Waals surface area contributed by atoms with Crippen molar-refractivity contribution in [3.8, 4) is 10.8 Å². The van der Waals surface area contributed by atoms with E-state index in [9.17, 15) is 4.79 Å². The lowest BCUT2D eigenvalue weighted by molar-refractivity contribution is -0.121. The molecule has 3 N–H and O–H groups in total. The molecule has 1 atom stereocenters. The number of aromatic nitrogens is 1. The fourth-order valence-electron chi connectivity index (χ4n) is 1.54. The van der Waals surface area contributed by atoms with Crippen LogP contribution in [0.4, 0.5) is 0 Å². The van der Waals surface area contributed by atoms with Crippen molar-refractivity contribution in [2.24, 2.45) is 5.73 Å². The van der Waals surface area contributed by atoms with Gasteiger partial charge in [0.05, 0.1) is 18.5 Å². The molecule has 2 rings (SSSR count). The molecule has 2 aromatic rings. The fraction of sp³-hybridized carbons (Fsp3) is 0.385. The number of rotatable bonds is 6. The summed E-state index contributed by atoms with van der Waals surface area (Å²) in [5, 5.41) is 5.58. The molecular formula is C13H18ClN3O2S. The number of nitrogens with two attached hydrogens (primary N) is 1. The fourth-order valence-corrected chi connectivity index (χ4v) is 2.32. The molecule has 2 aromatic heterocycles. The second kappa shape index (κ2) is 8.04. The van der Waals surface area contributed by atoms with Crippen LogP contribution in [0.2, 0.25) is 0 Å². The minimum atomic E-state index is 0. The Kier molecular flexibility index (Phi) is 6.70. The molecule has 0 saturated heterocycles. The number of furan rings is 1. The van der Waals surface area contributed by atoms with Crippen LogP contribution in [0.15, 0.2) is 28.2 Å². The van der Waals surface area contributed by atoms with Gasteiger partial charge >= 0.3 is 0 Å². The third kappa shape index (κ3) is 4.96. The normalized spacial score (nSPS) is 11.7. The van der Waals surface area contributed by atoms with Gasteiger partial charge in [-0.2, -0.15) is 0 Å². The molecule has 1 unspecified atom stereocenters. The Bertz CT molecular complexity index is 525. The molecule has 0 fully saturated rings. The Hall–Kier alpha value is -1.37. The highest BCUT2D eigenvalue weighted by Gasteiger charge is 2.08. The van der Waals surface area contributed by atoms with E-state index in [4.69, 9.17) is 10.2 Å². The zero-order valence-corrected chi connectivity index (χ0v) is 12.8. The second-order valence-corrected chi connectivity index (χ2v) is 5.27. The lowest BCUT2D eigenvalue weighted by Crippen LogP contribution is -2.25. The van der Waals surface area contributed by atoms with Crippen LogP contribution >= 0.6 is 23.7 Å². The molecule has 110 valence electrons. The standard InChI is InChI=1S/C13H17N3O2S.ClH/c1-9(14)4-5-12(17)15-7-10-8-19-13(16-10)11-3-2-6-18-11;/h2-3,6,8-9H,4-5,7,14H2,1H3,(H,15,17);1H. The highest BCUT2D eigenvalue weighted by Crippen LogP contribution is 2.23. The first kappa shape index (κ1) is 16.7. The van der Waals surface area contributed by atoms with Crippen LogP contribution in [0, 0.1) is 0 Å². The van der Waals surface area contributed by atoms with Crippen LogP contribution in [-0.4, -0.2) is 16.9 Å². The van der Waals surface area contributed by atoms with E-state index in [1.165, 1.54) is 11.3 Å². The van der Waals surface area contributed by atoms with Crippen LogP contribution in [0.5, 0.6) is 0 Å². The van der Waals surface area contributed by atoms with Crippen LogP contribution in [-0.2, 0) is 11.3 Å². The topological polar surface area (TPSA) is 81.2 Å². The molecule has 0 spiro atoms. The first-order chi connectivity index (χ1) is 9.15. The predicted octanol–water partition coefficient (Wildman–Crippen LogP) is 2.57. The van der Waals surface area contributed by atoms with Crippen molar-refractivity contribution < 1.29 is 9.21 Å². The Balaban J connectivity index is 0.00000200. The molecule has 0 radical (unpaired) electrons. The average Bonchev–Trinajstić information content (AvgIpc) is 3.03. The molecule has 2 heterocycles. The summed E-state index contributed by atoms with van der Waals surface area (Å²) in [7, 11) is 0. The lowest BCUT2D eigenvalue weighted by Gasteiger charge is -2.05. The number of nitrogens with zero attached hydrogens (tertiary/aromatic N) is 1. The second-order valence-electron chi connectivity index (χ2n) is 4.41. The van der Waals surface area contributed by atoms with Crippen LogP contribution < -0.4 is 11.1 Å². The van der Waals surface area contributed by atoms with Gasteiger partial charge in [0.1, 0.15) is 0 Å². The highest BCUT2D eigenvalue weighted by molar-refractivity contribution is 7.13. The van der Waals surface area contributed by atoms with Gasteiger partial charge < -0.3 is 15.5 Å². The summed E-state index contributed by atoms with van der Waals surface area (Å²) in [5.74, 6) is 0.754. The summed E-state index contributed by atoms with van der Waals surface area (Å²) in [6.45, 7) is 2.33. The third-order valence-electron chi connectivity index (χ3n) is 2.58. The summed E-state index contributed by atoms with van der Waals surface area (Å²) in [6.07, 6.45) is 2.76. The summed E-state index contributed by atoms with van der Waals surface area (Å²) < 4.78 is 5.27. The van der Waals surface area contributed by atoms with E-state index in [1.54, 1.807) is 6.26 Å². The summed E-state index contributed by atoms with van der Waals surface area (Å²) in [5.41, 5.74) is 6.44. The number of thiazole rings is 1. The van der Waals surface area contributed by atoms with Gasteiger partial charge in [-0.15, -0.1) is 23.7 Å². The maximum absolute atomic E-state index is 11.5. The van der Waals surface area contributed by atoms with Crippen molar-refractivity contribution in [1.82, 2.24) is 10.3 Å². The Morgan fingerprint density at radius 3 is 3.05 bits per heavy atom. The Morgan fingerprint density at radius 1 is 1.60 bits per heavy atom. The lowest BCUT2D eigenvalue weighted by atomic mass is 10.2. The Morgan fingerprint density at radius 2 is 2.40 bits per heavy atom. The third-order valence-corrected chi connectivity index (χ3v) is 3.48. The smallest absolute Gasteiger partial charge is 0.220 e. The van der Waals surface area contributed by atoms with E-state index >= 15 is 0 Å². The van der Waals surface area contributed by atoms with Gasteiger partial charge in [-0.3, -0.25) is 4.79 Å². The van der Waals surface area contributed by atoms with E-state index in [2.05, 4.69) is 10.3 Å². The van der Waals surface area contributed by atoms with Crippen molar-refractivity contribution >= 4 is 29.7 Å². The molecule has 0 aromatic carbocycles. The number of hydrogen-bond donors (Lipinski definition) is 2. The molecule has 1 amide bonds. The van der Waals surface area contributed by atoms with Crippen LogP contribution in [0.25, 0.3) is 10.8 Å². The number of carbonyl (C=O) groups excluding carboxylic acids is 1. The highest BCUT2D eigenvalue weighted by atomic mass is 35.5. The number of hydrogen-bond acceptors (Lipinski definition) is 5. The van der Waals surface area contributed by atoms with Gasteiger partial charge in [0.2, 0.25) is 5.91 Å². The van der Waals surface area contributed by atoms with E-state index in [0.29, 0.717) is 19.4 Å². The predicted molar refractivity (Wildman–Crippen MR) is 81.8 cm³/mol. The number of amides is 1. The van der Waals surface area contributed by atoms with Gasteiger partial charge in [-0.05, 0) is 25.5 Å². The van der Waals surface area contributed by atoms with Crippen molar-refractivity contribution in [3.05, 3.63) is 29.5 Å². The van der Waals surface area contributed by atoms with E-state index < -0.39 is 0 Å². The number of nitrogens with one attached hydrogen (secondary N) is 1. The van der Waals surface area contributed by atoms with Crippen molar-refractivity contribution in [2.75, 3.05) is 0 Å². The first-order valence-corrected chi connectivity index (χ1v) is 7.03. The molecule has 0 bridgehead atoms. The Labute approximate surface area is 128 Å². The molecule has 7 heteroatoms. The molecular weight excluding hydrogens is 298 g/mol. The van der Waals surface area contributed by atoms with Crippen molar-refractivity contribution in [1.29, 1.82) is 0 Å². The first-order valence-electron chi connectivity index (χ1n) is 6.15. The van der Waals surface area contributed by atoms with Gasteiger partial charge in [0.25, 0.3) is 0 Å². The van der Waals surface area contributed by atoms with Crippen molar-refractivity contribution in [2.45, 2.75) is 32.4 Å². The quantitative estimate of drug-likeness (QED) is 0.858. The minimum absolute atomic E-state index is 0. The molecule has 0 aliphatic rings. The molecule has 0 aliphatic carbocycles. The van der Waals surface area contributed by atoms with Gasteiger partial charge in [-0.1, -0.05) is 0 Å². The maximum atomic E-state index is 11.5. The molecule has 5 nitrogen and oxygen atoms in total. The minimum Gasteiger partial charge on any atom is -0.462 e. The number of halogens is 1. The van der Waals surface area contributed by atoms with Gasteiger partial charge in [0, 0.05) is 17.8 Å². The SMILES string of the molecule is CC(N)CCC(=O)NCc1csc(-c2ccco2)n1.Cl.